The Kier molecular flexibility index (Phi) is 4.50. The van der Waals surface area contributed by atoms with Crippen molar-refractivity contribution in [1.29, 1.82) is 0 Å². The molecule has 2 nitrogen and oxygen atoms in total. The van der Waals surface area contributed by atoms with Crippen LogP contribution in [0.4, 0.5) is 5.69 Å². The van der Waals surface area contributed by atoms with Crippen molar-refractivity contribution in [1.82, 2.24) is 0 Å². The summed E-state index contributed by atoms with van der Waals surface area (Å²) in [5, 5.41) is 3.95. The molecule has 0 saturated carbocycles. The van der Waals surface area contributed by atoms with E-state index in [0.29, 0.717) is 5.02 Å². The summed E-state index contributed by atoms with van der Waals surface area (Å²) in [5.74, 6) is 0.803. The number of halogens is 1. The van der Waals surface area contributed by atoms with Crippen molar-refractivity contribution >= 4 is 17.3 Å². The minimum atomic E-state index is 0.706. The molecule has 1 N–H and O–H groups in total. The first-order chi connectivity index (χ1) is 7.13. The summed E-state index contributed by atoms with van der Waals surface area (Å²) in [6, 6.07) is 5.55. The predicted molar refractivity (Wildman–Crippen MR) is 65.9 cm³/mol. The van der Waals surface area contributed by atoms with Gasteiger partial charge in [-0.2, -0.15) is 0 Å². The van der Waals surface area contributed by atoms with Gasteiger partial charge in [-0.1, -0.05) is 17.2 Å². The molecule has 0 atom stereocenters. The highest BCUT2D eigenvalue weighted by Gasteiger charge is 2.01. The monoisotopic (exact) mass is 225 g/mol. The van der Waals surface area contributed by atoms with Crippen LogP contribution in [0.1, 0.15) is 13.3 Å². The molecule has 0 aromatic heterocycles. The van der Waals surface area contributed by atoms with Gasteiger partial charge in [-0.3, -0.25) is 0 Å². The summed E-state index contributed by atoms with van der Waals surface area (Å²) in [4.78, 5) is 0. The Morgan fingerprint density at radius 1 is 1.53 bits per heavy atom. The van der Waals surface area contributed by atoms with E-state index < -0.39 is 0 Å². The summed E-state index contributed by atoms with van der Waals surface area (Å²) >= 11 is 6.03. The highest BCUT2D eigenvalue weighted by Crippen LogP contribution is 2.26. The molecule has 1 rings (SSSR count). The van der Waals surface area contributed by atoms with Gasteiger partial charge in [0, 0.05) is 12.6 Å². The van der Waals surface area contributed by atoms with Gasteiger partial charge in [0.25, 0.3) is 0 Å². The number of anilines is 1. The number of hydrogen-bond acceptors (Lipinski definition) is 2. The van der Waals surface area contributed by atoms with Crippen molar-refractivity contribution in [3.63, 3.8) is 0 Å². The highest BCUT2D eigenvalue weighted by atomic mass is 35.5. The average Bonchev–Trinajstić information content (AvgIpc) is 2.20. The molecule has 0 heterocycles. The summed E-state index contributed by atoms with van der Waals surface area (Å²) in [6.45, 7) is 6.69. The molecule has 0 spiro atoms. The van der Waals surface area contributed by atoms with Gasteiger partial charge < -0.3 is 10.1 Å². The quantitative estimate of drug-likeness (QED) is 0.772. The van der Waals surface area contributed by atoms with E-state index in [9.17, 15) is 0 Å². The second kappa shape index (κ2) is 5.66. The maximum absolute atomic E-state index is 6.03. The number of ether oxygens (including phenoxy) is 1. The highest BCUT2D eigenvalue weighted by molar-refractivity contribution is 6.33. The second-order valence-electron chi connectivity index (χ2n) is 3.48. The van der Waals surface area contributed by atoms with E-state index in [4.69, 9.17) is 16.3 Å². The molecular formula is C12H16ClNO. The van der Waals surface area contributed by atoms with Crippen LogP contribution < -0.4 is 10.1 Å². The van der Waals surface area contributed by atoms with E-state index in [-0.39, 0.29) is 0 Å². The van der Waals surface area contributed by atoms with Crippen molar-refractivity contribution in [3.8, 4) is 5.75 Å². The Bertz CT molecular complexity index is 349. The molecule has 1 aromatic carbocycles. The Morgan fingerprint density at radius 3 is 2.87 bits per heavy atom. The SMILES string of the molecule is C=C(C)CCNc1cc(OC)ccc1Cl. The Morgan fingerprint density at radius 2 is 2.27 bits per heavy atom. The first kappa shape index (κ1) is 11.9. The van der Waals surface area contributed by atoms with E-state index >= 15 is 0 Å². The lowest BCUT2D eigenvalue weighted by Gasteiger charge is -2.09. The summed E-state index contributed by atoms with van der Waals surface area (Å²) < 4.78 is 5.12. The molecule has 1 aromatic rings. The first-order valence-corrected chi connectivity index (χ1v) is 5.23. The third-order valence-corrected chi connectivity index (χ3v) is 2.37. The molecule has 0 aliphatic carbocycles. The van der Waals surface area contributed by atoms with Crippen molar-refractivity contribution < 1.29 is 4.74 Å². The van der Waals surface area contributed by atoms with Gasteiger partial charge >= 0.3 is 0 Å². The number of rotatable bonds is 5. The molecular weight excluding hydrogens is 210 g/mol. The molecule has 0 unspecified atom stereocenters. The Labute approximate surface area is 95.9 Å². The van der Waals surface area contributed by atoms with Crippen LogP contribution in [-0.2, 0) is 0 Å². The maximum Gasteiger partial charge on any atom is 0.121 e. The number of methoxy groups -OCH3 is 1. The van der Waals surface area contributed by atoms with Crippen molar-refractivity contribution in [2.75, 3.05) is 19.0 Å². The third kappa shape index (κ3) is 3.84. The molecule has 0 aliphatic rings. The van der Waals surface area contributed by atoms with E-state index in [0.717, 1.165) is 30.0 Å². The molecule has 0 saturated heterocycles. The van der Waals surface area contributed by atoms with Crippen LogP contribution in [0.2, 0.25) is 5.02 Å². The zero-order chi connectivity index (χ0) is 11.3. The lowest BCUT2D eigenvalue weighted by atomic mass is 10.2. The molecule has 15 heavy (non-hydrogen) atoms. The molecule has 0 fully saturated rings. The fourth-order valence-electron chi connectivity index (χ4n) is 1.18. The largest absolute Gasteiger partial charge is 0.497 e. The third-order valence-electron chi connectivity index (χ3n) is 2.04. The Balaban J connectivity index is 2.62. The van der Waals surface area contributed by atoms with Gasteiger partial charge in [0.05, 0.1) is 17.8 Å². The Hall–Kier alpha value is -1.15. The minimum Gasteiger partial charge on any atom is -0.497 e. The van der Waals surface area contributed by atoms with E-state index in [1.807, 2.05) is 25.1 Å². The lowest BCUT2D eigenvalue weighted by molar-refractivity contribution is 0.415. The van der Waals surface area contributed by atoms with Gasteiger partial charge in [0.15, 0.2) is 0 Å². The topological polar surface area (TPSA) is 21.3 Å². The van der Waals surface area contributed by atoms with Crippen molar-refractivity contribution in [3.05, 3.63) is 35.4 Å². The van der Waals surface area contributed by atoms with Crippen LogP contribution in [0.3, 0.4) is 0 Å². The lowest BCUT2D eigenvalue weighted by Crippen LogP contribution is -2.02. The maximum atomic E-state index is 6.03. The van der Waals surface area contributed by atoms with E-state index in [1.54, 1.807) is 7.11 Å². The van der Waals surface area contributed by atoms with Crippen LogP contribution in [0, 0.1) is 0 Å². The van der Waals surface area contributed by atoms with Gasteiger partial charge in [-0.05, 0) is 25.5 Å². The zero-order valence-corrected chi connectivity index (χ0v) is 9.90. The zero-order valence-electron chi connectivity index (χ0n) is 9.14. The van der Waals surface area contributed by atoms with E-state index in [2.05, 4.69) is 11.9 Å². The van der Waals surface area contributed by atoms with E-state index in [1.165, 1.54) is 0 Å². The minimum absolute atomic E-state index is 0.706. The molecule has 0 amide bonds. The fourth-order valence-corrected chi connectivity index (χ4v) is 1.36. The predicted octanol–water partition coefficient (Wildman–Crippen LogP) is 3.73. The van der Waals surface area contributed by atoms with Gasteiger partial charge in [0.2, 0.25) is 0 Å². The molecule has 0 bridgehead atoms. The first-order valence-electron chi connectivity index (χ1n) is 4.85. The van der Waals surface area contributed by atoms with Crippen LogP contribution in [0.25, 0.3) is 0 Å². The number of hydrogen-bond donors (Lipinski definition) is 1. The summed E-state index contributed by atoms with van der Waals surface area (Å²) in [7, 11) is 1.64. The molecule has 0 aliphatic heterocycles. The van der Waals surface area contributed by atoms with Crippen LogP contribution in [0.15, 0.2) is 30.4 Å². The van der Waals surface area contributed by atoms with Crippen molar-refractivity contribution in [2.24, 2.45) is 0 Å². The molecule has 0 radical (unpaired) electrons. The van der Waals surface area contributed by atoms with Gasteiger partial charge in [-0.15, -0.1) is 6.58 Å². The normalized spacial score (nSPS) is 9.80. The standard InChI is InChI=1S/C12H16ClNO/c1-9(2)6-7-14-12-8-10(15-3)4-5-11(12)13/h4-5,8,14H,1,6-7H2,2-3H3. The van der Waals surface area contributed by atoms with Gasteiger partial charge in [0.1, 0.15) is 5.75 Å². The fraction of sp³-hybridized carbons (Fsp3) is 0.333. The molecule has 3 heteroatoms. The molecule has 82 valence electrons. The smallest absolute Gasteiger partial charge is 0.121 e. The summed E-state index contributed by atoms with van der Waals surface area (Å²) in [5.41, 5.74) is 2.05. The average molecular weight is 226 g/mol. The van der Waals surface area contributed by atoms with Crippen LogP contribution in [0.5, 0.6) is 5.75 Å². The number of benzene rings is 1. The van der Waals surface area contributed by atoms with Crippen LogP contribution >= 0.6 is 11.6 Å². The second-order valence-corrected chi connectivity index (χ2v) is 3.89. The van der Waals surface area contributed by atoms with Crippen LogP contribution in [-0.4, -0.2) is 13.7 Å². The number of nitrogens with one attached hydrogen (secondary N) is 1. The van der Waals surface area contributed by atoms with Crippen molar-refractivity contribution in [2.45, 2.75) is 13.3 Å². The van der Waals surface area contributed by atoms with Gasteiger partial charge in [-0.25, -0.2) is 0 Å². The summed E-state index contributed by atoms with van der Waals surface area (Å²) in [6.07, 6.45) is 0.938.